The van der Waals surface area contributed by atoms with Crippen LogP contribution in [-0.2, 0) is 73.1 Å². The molecule has 0 aromatic heterocycles. The van der Waals surface area contributed by atoms with Crippen LogP contribution < -0.4 is 4.74 Å². The van der Waals surface area contributed by atoms with E-state index >= 15 is 0 Å². The van der Waals surface area contributed by atoms with E-state index < -0.39 is 0 Å². The van der Waals surface area contributed by atoms with Crippen LogP contribution in [0.25, 0.3) is 6.08 Å². The number of ether oxygens (including phenoxy) is 7. The molecule has 0 radical (unpaired) electrons. The zero-order valence-corrected chi connectivity index (χ0v) is 32.6. The largest absolute Gasteiger partial charge is 0.496 e. The number of hydrogen-bond donors (Lipinski definition) is 0. The Morgan fingerprint density at radius 1 is 0.647 bits per heavy atom. The molecule has 1 saturated carbocycles. The molecule has 0 saturated heterocycles. The first-order valence-corrected chi connectivity index (χ1v) is 18.6. The predicted molar refractivity (Wildman–Crippen MR) is 206 cm³/mol. The van der Waals surface area contributed by atoms with Crippen molar-refractivity contribution in [2.75, 3.05) is 62.0 Å². The summed E-state index contributed by atoms with van der Waals surface area (Å²) < 4.78 is 40.5. The molecule has 7 nitrogen and oxygen atoms in total. The van der Waals surface area contributed by atoms with Gasteiger partial charge in [-0.05, 0) is 127 Å². The van der Waals surface area contributed by atoms with Gasteiger partial charge in [0.1, 0.15) is 5.75 Å². The molecular formula is C44H62O7. The van der Waals surface area contributed by atoms with Gasteiger partial charge in [-0.3, -0.25) is 0 Å². The molecular weight excluding hydrogens is 640 g/mol. The zero-order valence-electron chi connectivity index (χ0n) is 32.6. The quantitative estimate of drug-likeness (QED) is 0.110. The first kappa shape index (κ1) is 40.7. The van der Waals surface area contributed by atoms with E-state index in [-0.39, 0.29) is 5.41 Å². The van der Waals surface area contributed by atoms with Crippen molar-refractivity contribution in [3.05, 3.63) is 104 Å². The van der Waals surface area contributed by atoms with Gasteiger partial charge in [0.15, 0.2) is 0 Å². The lowest BCUT2D eigenvalue weighted by atomic mass is 9.61. The SMILES string of the molecule is C=Cc1c(CCOC)cc(C2CCC(c3cc(CCOC)c(C)c(COC)c3)(c3cc(COC)c(OC)c(COCC)c3)CC2)cc1COCC. The van der Waals surface area contributed by atoms with Gasteiger partial charge in [-0.25, -0.2) is 0 Å². The highest BCUT2D eigenvalue weighted by atomic mass is 16.5. The van der Waals surface area contributed by atoms with Crippen molar-refractivity contribution in [1.29, 1.82) is 0 Å². The van der Waals surface area contributed by atoms with Gasteiger partial charge in [-0.2, -0.15) is 0 Å². The summed E-state index contributed by atoms with van der Waals surface area (Å²) in [4.78, 5) is 0. The van der Waals surface area contributed by atoms with E-state index in [1.807, 2.05) is 19.9 Å². The first-order valence-electron chi connectivity index (χ1n) is 18.6. The number of rotatable bonds is 21. The average Bonchev–Trinajstić information content (AvgIpc) is 3.15. The maximum atomic E-state index is 6.00. The van der Waals surface area contributed by atoms with Crippen LogP contribution in [0.15, 0.2) is 43.0 Å². The Balaban J connectivity index is 1.89. The van der Waals surface area contributed by atoms with Crippen LogP contribution in [0.3, 0.4) is 0 Å². The molecule has 3 aromatic carbocycles. The third-order valence-electron chi connectivity index (χ3n) is 10.7. The zero-order chi connectivity index (χ0) is 36.8. The van der Waals surface area contributed by atoms with Gasteiger partial charge in [-0.1, -0.05) is 36.9 Å². The highest BCUT2D eigenvalue weighted by molar-refractivity contribution is 5.59. The molecule has 0 atom stereocenters. The molecule has 4 rings (SSSR count). The fraction of sp³-hybridized carbons (Fsp3) is 0.545. The summed E-state index contributed by atoms with van der Waals surface area (Å²) in [5.74, 6) is 1.26. The van der Waals surface area contributed by atoms with Crippen molar-refractivity contribution < 1.29 is 33.2 Å². The maximum Gasteiger partial charge on any atom is 0.129 e. The van der Waals surface area contributed by atoms with Crippen molar-refractivity contribution >= 4 is 6.08 Å². The summed E-state index contributed by atoms with van der Waals surface area (Å²) in [6.07, 6.45) is 7.72. The Morgan fingerprint density at radius 2 is 1.16 bits per heavy atom. The number of hydrogen-bond acceptors (Lipinski definition) is 7. The van der Waals surface area contributed by atoms with Crippen molar-refractivity contribution in [2.45, 2.75) is 97.1 Å². The van der Waals surface area contributed by atoms with E-state index in [0.29, 0.717) is 58.8 Å². The van der Waals surface area contributed by atoms with E-state index in [1.165, 1.54) is 50.1 Å². The lowest BCUT2D eigenvalue weighted by Gasteiger charge is -2.43. The van der Waals surface area contributed by atoms with Gasteiger partial charge in [-0.15, -0.1) is 0 Å². The Kier molecular flexibility index (Phi) is 16.2. The smallest absolute Gasteiger partial charge is 0.129 e. The molecule has 0 bridgehead atoms. The van der Waals surface area contributed by atoms with E-state index in [4.69, 9.17) is 33.2 Å². The molecule has 0 amide bonds. The first-order chi connectivity index (χ1) is 24.8. The molecule has 1 fully saturated rings. The molecule has 280 valence electrons. The van der Waals surface area contributed by atoms with E-state index in [0.717, 1.165) is 55.4 Å². The molecule has 0 N–H and O–H groups in total. The summed E-state index contributed by atoms with van der Waals surface area (Å²) in [6.45, 7) is 15.2. The van der Waals surface area contributed by atoms with Gasteiger partial charge in [0.25, 0.3) is 0 Å². The van der Waals surface area contributed by atoms with Crippen LogP contribution in [-0.4, -0.2) is 62.0 Å². The predicted octanol–water partition coefficient (Wildman–Crippen LogP) is 9.03. The highest BCUT2D eigenvalue weighted by Crippen LogP contribution is 2.51. The van der Waals surface area contributed by atoms with Crippen molar-refractivity contribution in [2.24, 2.45) is 0 Å². The maximum absolute atomic E-state index is 6.00. The van der Waals surface area contributed by atoms with Gasteiger partial charge < -0.3 is 33.2 Å². The third kappa shape index (κ3) is 9.69. The minimum absolute atomic E-state index is 0.238. The van der Waals surface area contributed by atoms with E-state index in [1.54, 1.807) is 35.5 Å². The van der Waals surface area contributed by atoms with Crippen LogP contribution in [0.4, 0.5) is 0 Å². The average molecular weight is 703 g/mol. The second-order valence-corrected chi connectivity index (χ2v) is 13.7. The summed E-state index contributed by atoms with van der Waals surface area (Å²) in [5.41, 5.74) is 13.3. The van der Waals surface area contributed by atoms with Crippen LogP contribution in [0.5, 0.6) is 5.75 Å². The molecule has 51 heavy (non-hydrogen) atoms. The molecule has 0 aliphatic heterocycles. The molecule has 0 unspecified atom stereocenters. The summed E-state index contributed by atoms with van der Waals surface area (Å²) in [6, 6.07) is 14.3. The minimum atomic E-state index is -0.238. The van der Waals surface area contributed by atoms with Crippen LogP contribution in [0, 0.1) is 6.92 Å². The van der Waals surface area contributed by atoms with Crippen LogP contribution >= 0.6 is 0 Å². The Morgan fingerprint density at radius 3 is 1.71 bits per heavy atom. The number of benzene rings is 3. The van der Waals surface area contributed by atoms with Gasteiger partial charge in [0, 0.05) is 58.2 Å². The normalized spacial score (nSPS) is 17.5. The molecule has 0 spiro atoms. The van der Waals surface area contributed by atoms with E-state index in [9.17, 15) is 0 Å². The van der Waals surface area contributed by atoms with Crippen LogP contribution in [0.1, 0.15) is 107 Å². The summed E-state index contributed by atoms with van der Waals surface area (Å²) in [5, 5.41) is 0. The van der Waals surface area contributed by atoms with E-state index in [2.05, 4.69) is 49.9 Å². The lowest BCUT2D eigenvalue weighted by Crippen LogP contribution is -2.33. The summed E-state index contributed by atoms with van der Waals surface area (Å²) in [7, 11) is 8.80. The molecule has 7 heteroatoms. The monoisotopic (exact) mass is 702 g/mol. The van der Waals surface area contributed by atoms with Gasteiger partial charge >= 0.3 is 0 Å². The number of methoxy groups -OCH3 is 5. The summed E-state index contributed by atoms with van der Waals surface area (Å²) >= 11 is 0. The van der Waals surface area contributed by atoms with Crippen LogP contribution in [0.2, 0.25) is 0 Å². The minimum Gasteiger partial charge on any atom is -0.496 e. The molecule has 0 heterocycles. The molecule has 3 aromatic rings. The topological polar surface area (TPSA) is 64.6 Å². The second-order valence-electron chi connectivity index (χ2n) is 13.7. The second kappa shape index (κ2) is 20.3. The molecule has 1 aliphatic rings. The standard InChI is InChI=1S/C44H62O7/c1-10-42-34(16-20-46-6)21-35(22-37(42)29-50-11-2)32-13-17-44(18-14-32,40-23-33(15-19-45-5)31(4)36(24-40)27-47-7)41-25-38(28-48-8)43(49-9)39(26-41)30-51-12-3/h10,21-26,32H,1,11-20,27-30H2,2-9H3. The van der Waals surface area contributed by atoms with Gasteiger partial charge in [0.2, 0.25) is 0 Å². The van der Waals surface area contributed by atoms with Crippen molar-refractivity contribution in [1.82, 2.24) is 0 Å². The van der Waals surface area contributed by atoms with Crippen molar-refractivity contribution in [3.63, 3.8) is 0 Å². The Labute approximate surface area is 307 Å². The fourth-order valence-corrected chi connectivity index (χ4v) is 8.01. The lowest BCUT2D eigenvalue weighted by molar-refractivity contribution is 0.131. The third-order valence-corrected chi connectivity index (χ3v) is 10.7. The highest BCUT2D eigenvalue weighted by Gasteiger charge is 2.40. The Bertz CT molecular complexity index is 1520. The Hall–Kier alpha value is -3.04. The molecule has 1 aliphatic carbocycles. The fourth-order valence-electron chi connectivity index (χ4n) is 8.01. The van der Waals surface area contributed by atoms with Crippen molar-refractivity contribution in [3.8, 4) is 5.75 Å². The van der Waals surface area contributed by atoms with Gasteiger partial charge in [0.05, 0.1) is 46.8 Å².